The second kappa shape index (κ2) is 6.21. The monoisotopic (exact) mass is 282 g/mol. The van der Waals surface area contributed by atoms with Gasteiger partial charge in [-0.2, -0.15) is 0 Å². The highest BCUT2D eigenvalue weighted by molar-refractivity contribution is 5.93. The van der Waals surface area contributed by atoms with Crippen molar-refractivity contribution in [1.29, 1.82) is 0 Å². The number of nitrogens with one attached hydrogen (secondary N) is 3. The molecule has 0 radical (unpaired) electrons. The Hall–Kier alpha value is -1.63. The summed E-state index contributed by atoms with van der Waals surface area (Å²) in [6.07, 6.45) is 4.31. The van der Waals surface area contributed by atoms with Gasteiger partial charge in [0.1, 0.15) is 0 Å². The van der Waals surface area contributed by atoms with Crippen LogP contribution in [0.1, 0.15) is 32.1 Å². The summed E-state index contributed by atoms with van der Waals surface area (Å²) < 4.78 is 0. The van der Waals surface area contributed by atoms with Gasteiger partial charge in [-0.15, -0.1) is 0 Å². The summed E-state index contributed by atoms with van der Waals surface area (Å²) in [5.74, 6) is -0.0465. The van der Waals surface area contributed by atoms with E-state index in [4.69, 9.17) is 5.73 Å². The third kappa shape index (κ3) is 3.09. The molecule has 1 aliphatic carbocycles. The summed E-state index contributed by atoms with van der Waals surface area (Å²) >= 11 is 0. The molecule has 20 heavy (non-hydrogen) atoms. The van der Waals surface area contributed by atoms with Crippen molar-refractivity contribution in [3.8, 4) is 0 Å². The van der Waals surface area contributed by atoms with Crippen LogP contribution < -0.4 is 21.7 Å². The van der Waals surface area contributed by atoms with E-state index in [0.717, 1.165) is 32.4 Å². The lowest BCUT2D eigenvalue weighted by molar-refractivity contribution is -0.134. The van der Waals surface area contributed by atoms with E-state index >= 15 is 0 Å². The Bertz CT molecular complexity index is 412. The zero-order chi connectivity index (χ0) is 14.6. The predicted octanol–water partition coefficient (Wildman–Crippen LogP) is -0.533. The molecular weight excluding hydrogens is 260 g/mol. The van der Waals surface area contributed by atoms with Gasteiger partial charge in [0.05, 0.1) is 5.41 Å². The average molecular weight is 282 g/mol. The third-order valence-electron chi connectivity index (χ3n) is 4.39. The fraction of sp³-hybridized carbons (Fsp3) is 0.769. The second-order valence-corrected chi connectivity index (χ2v) is 5.65. The Morgan fingerprint density at radius 3 is 2.85 bits per heavy atom. The van der Waals surface area contributed by atoms with E-state index in [1.54, 1.807) is 0 Å². The summed E-state index contributed by atoms with van der Waals surface area (Å²) in [5, 5.41) is 8.11. The lowest BCUT2D eigenvalue weighted by atomic mass is 9.67. The minimum absolute atomic E-state index is 0.0269. The number of amides is 4. The maximum absolute atomic E-state index is 12.4. The van der Waals surface area contributed by atoms with Crippen LogP contribution in [-0.4, -0.2) is 37.5 Å². The number of hydrogen-bond donors (Lipinski definition) is 4. The molecule has 5 N–H and O–H groups in total. The molecule has 1 saturated carbocycles. The molecule has 0 unspecified atom stereocenters. The lowest BCUT2D eigenvalue weighted by Gasteiger charge is -2.37. The molecule has 4 amide bonds. The minimum atomic E-state index is -0.868. The average Bonchev–Trinajstić information content (AvgIpc) is 2.82. The molecule has 112 valence electrons. The first-order valence-corrected chi connectivity index (χ1v) is 7.13. The second-order valence-electron chi connectivity index (χ2n) is 5.65. The molecule has 2 fully saturated rings. The molecule has 0 aromatic rings. The highest BCUT2D eigenvalue weighted by Crippen LogP contribution is 2.43. The van der Waals surface area contributed by atoms with Crippen LogP contribution in [0.5, 0.6) is 0 Å². The fourth-order valence-corrected chi connectivity index (χ4v) is 3.36. The fourth-order valence-electron chi connectivity index (χ4n) is 3.36. The van der Waals surface area contributed by atoms with Gasteiger partial charge in [0, 0.05) is 19.5 Å². The van der Waals surface area contributed by atoms with Gasteiger partial charge in [-0.3, -0.25) is 14.9 Å². The molecule has 0 aromatic heterocycles. The molecule has 0 bridgehead atoms. The van der Waals surface area contributed by atoms with Crippen molar-refractivity contribution in [1.82, 2.24) is 16.0 Å². The molecule has 1 aliphatic heterocycles. The van der Waals surface area contributed by atoms with E-state index in [2.05, 4.69) is 10.6 Å². The van der Waals surface area contributed by atoms with Crippen LogP contribution in [0.4, 0.5) is 4.79 Å². The maximum Gasteiger partial charge on any atom is 0.318 e. The van der Waals surface area contributed by atoms with Crippen molar-refractivity contribution < 1.29 is 14.4 Å². The summed E-state index contributed by atoms with van der Waals surface area (Å²) in [6, 6.07) is -0.868. The van der Waals surface area contributed by atoms with E-state index in [9.17, 15) is 14.4 Å². The number of carbonyl (C=O) groups excluding carboxylic acids is 3. The Labute approximate surface area is 118 Å². The van der Waals surface area contributed by atoms with Crippen molar-refractivity contribution in [3.05, 3.63) is 0 Å². The van der Waals surface area contributed by atoms with Gasteiger partial charge in [-0.05, 0) is 25.3 Å². The Balaban J connectivity index is 1.82. The van der Waals surface area contributed by atoms with Crippen LogP contribution in [0.25, 0.3) is 0 Å². The Morgan fingerprint density at radius 2 is 2.10 bits per heavy atom. The van der Waals surface area contributed by atoms with Gasteiger partial charge >= 0.3 is 6.03 Å². The van der Waals surface area contributed by atoms with Gasteiger partial charge < -0.3 is 16.4 Å². The highest BCUT2D eigenvalue weighted by Gasteiger charge is 2.49. The van der Waals surface area contributed by atoms with Gasteiger partial charge in [0.25, 0.3) is 0 Å². The summed E-state index contributed by atoms with van der Waals surface area (Å²) in [7, 11) is 0. The smallest absolute Gasteiger partial charge is 0.318 e. The predicted molar refractivity (Wildman–Crippen MR) is 72.6 cm³/mol. The molecule has 2 rings (SSSR count). The van der Waals surface area contributed by atoms with Gasteiger partial charge in [0.2, 0.25) is 11.8 Å². The van der Waals surface area contributed by atoms with E-state index in [-0.39, 0.29) is 24.3 Å². The first kappa shape index (κ1) is 14.8. The SMILES string of the molecule is NC(=O)NC(=O)CCNC(=O)[C@@]12CCCC[C@H]1CNC2. The molecule has 7 nitrogen and oxygen atoms in total. The highest BCUT2D eigenvalue weighted by atomic mass is 16.2. The molecule has 0 aromatic carbocycles. The Kier molecular flexibility index (Phi) is 4.59. The normalized spacial score (nSPS) is 28.5. The molecule has 2 aliphatic rings. The maximum atomic E-state index is 12.4. The summed E-state index contributed by atoms with van der Waals surface area (Å²) in [6.45, 7) is 1.85. The Morgan fingerprint density at radius 1 is 1.30 bits per heavy atom. The van der Waals surface area contributed by atoms with Crippen molar-refractivity contribution >= 4 is 17.8 Å². The van der Waals surface area contributed by atoms with Gasteiger partial charge in [0.15, 0.2) is 0 Å². The standard InChI is InChI=1S/C13H22N4O3/c14-12(20)17-10(18)4-6-16-11(19)13-5-2-1-3-9(13)7-15-8-13/h9,15H,1-8H2,(H,16,19)(H3,14,17,18,20)/t9-,13+/m0/s1. The zero-order valence-corrected chi connectivity index (χ0v) is 11.5. The largest absolute Gasteiger partial charge is 0.355 e. The number of urea groups is 1. The van der Waals surface area contributed by atoms with Crippen molar-refractivity contribution in [3.63, 3.8) is 0 Å². The van der Waals surface area contributed by atoms with E-state index in [1.807, 2.05) is 5.32 Å². The number of carbonyl (C=O) groups is 3. The third-order valence-corrected chi connectivity index (χ3v) is 4.39. The van der Waals surface area contributed by atoms with Gasteiger partial charge in [-0.25, -0.2) is 4.79 Å². The number of nitrogens with two attached hydrogens (primary N) is 1. The number of fused-ring (bicyclic) bond motifs is 1. The van der Waals surface area contributed by atoms with Crippen LogP contribution in [0.3, 0.4) is 0 Å². The zero-order valence-electron chi connectivity index (χ0n) is 11.5. The van der Waals surface area contributed by atoms with E-state index in [0.29, 0.717) is 5.92 Å². The molecule has 1 saturated heterocycles. The number of rotatable bonds is 4. The molecule has 7 heteroatoms. The van der Waals surface area contributed by atoms with Crippen LogP contribution >= 0.6 is 0 Å². The molecule has 0 spiro atoms. The van der Waals surface area contributed by atoms with Crippen LogP contribution in [-0.2, 0) is 9.59 Å². The number of hydrogen-bond acceptors (Lipinski definition) is 4. The van der Waals surface area contributed by atoms with Crippen LogP contribution in [0.15, 0.2) is 0 Å². The van der Waals surface area contributed by atoms with Crippen LogP contribution in [0, 0.1) is 11.3 Å². The molecule has 1 heterocycles. The quantitative estimate of drug-likeness (QED) is 0.555. The summed E-state index contributed by atoms with van der Waals surface area (Å²) in [5.41, 5.74) is 4.54. The van der Waals surface area contributed by atoms with Crippen molar-refractivity contribution in [2.45, 2.75) is 32.1 Å². The summed E-state index contributed by atoms with van der Waals surface area (Å²) in [4.78, 5) is 34.2. The topological polar surface area (TPSA) is 113 Å². The van der Waals surface area contributed by atoms with Gasteiger partial charge in [-0.1, -0.05) is 12.8 Å². The van der Waals surface area contributed by atoms with Crippen molar-refractivity contribution in [2.24, 2.45) is 17.1 Å². The first-order valence-electron chi connectivity index (χ1n) is 7.13. The molecular formula is C13H22N4O3. The molecule has 2 atom stereocenters. The minimum Gasteiger partial charge on any atom is -0.355 e. The van der Waals surface area contributed by atoms with Crippen LogP contribution in [0.2, 0.25) is 0 Å². The first-order chi connectivity index (χ1) is 9.54. The van der Waals surface area contributed by atoms with E-state index < -0.39 is 11.9 Å². The number of primary amides is 1. The number of imide groups is 1. The lowest BCUT2D eigenvalue weighted by Crippen LogP contribution is -2.48. The van der Waals surface area contributed by atoms with E-state index in [1.165, 1.54) is 6.42 Å². The van der Waals surface area contributed by atoms with Crippen molar-refractivity contribution in [2.75, 3.05) is 19.6 Å².